The van der Waals surface area contributed by atoms with Crippen LogP contribution in [-0.4, -0.2) is 115 Å². The van der Waals surface area contributed by atoms with Gasteiger partial charge in [0.1, 0.15) is 35.3 Å². The van der Waals surface area contributed by atoms with Crippen molar-refractivity contribution in [3.8, 4) is 0 Å². The lowest BCUT2D eigenvalue weighted by Crippen LogP contribution is -2.59. The first-order valence-corrected chi connectivity index (χ1v) is 19.3. The van der Waals surface area contributed by atoms with Crippen molar-refractivity contribution in [1.29, 1.82) is 0 Å². The highest BCUT2D eigenvalue weighted by atomic mass is 32.2. The molecule has 0 aromatic rings. The Morgan fingerprint density at radius 3 is 2.62 bits per heavy atom. The summed E-state index contributed by atoms with van der Waals surface area (Å²) >= 11 is 0. The van der Waals surface area contributed by atoms with Crippen molar-refractivity contribution in [2.75, 3.05) is 26.4 Å². The SMILES string of the molecule is CCON(C(=O)OC1CC2C(=O)NC3(C(=O)NS(=O)(=O)C4CC4)CC3C=CCCCOCC(NC(=O)OC(C)(C)C)C(=O)N2C1)C1=CC=CCC1=C=O. The summed E-state index contributed by atoms with van der Waals surface area (Å²) in [6.07, 6.45) is 7.30. The quantitative estimate of drug-likeness (QED) is 0.183. The molecule has 1 saturated heterocycles. The minimum absolute atomic E-state index is 0.0246. The van der Waals surface area contributed by atoms with E-state index in [9.17, 15) is 37.2 Å². The van der Waals surface area contributed by atoms with Gasteiger partial charge in [-0.15, -0.1) is 0 Å². The largest absolute Gasteiger partial charge is 0.444 e. The molecule has 2 heterocycles. The maximum atomic E-state index is 14.3. The Balaban J connectivity index is 1.44. The van der Waals surface area contributed by atoms with E-state index in [-0.39, 0.29) is 56.9 Å². The van der Waals surface area contributed by atoms with Crippen LogP contribution in [0.1, 0.15) is 72.6 Å². The Hall–Kier alpha value is -4.51. The van der Waals surface area contributed by atoms with Crippen LogP contribution in [0, 0.1) is 5.92 Å². The molecule has 290 valence electrons. The average Bonchev–Trinajstić information content (AvgIpc) is 4.02. The standard InChI is InChI=1S/C35H47N5O12S/c1-5-50-40(27-13-9-8-11-22(27)20-41)33(46)51-24-17-28-29(42)37-35(31(44)38-53(47,48)25-14-15-25)18-23(35)12-7-6-10-16-49-21-26(30(43)39(28)19-24)36-32(45)52-34(2,3)4/h7-9,12-13,23-26,28H,5-6,10-11,14-19,21H2,1-4H3,(H,36,45)(H,37,42)(H,38,44). The fourth-order valence-corrected chi connectivity index (χ4v) is 7.67. The predicted octanol–water partition coefficient (Wildman–Crippen LogP) is 1.69. The number of hydrogen-bond donors (Lipinski definition) is 3. The summed E-state index contributed by atoms with van der Waals surface area (Å²) in [7, 11) is -3.96. The second-order valence-electron chi connectivity index (χ2n) is 14.5. The van der Waals surface area contributed by atoms with Crippen LogP contribution in [0.4, 0.5) is 9.59 Å². The van der Waals surface area contributed by atoms with E-state index in [0.717, 1.165) is 9.96 Å². The minimum atomic E-state index is -3.96. The molecule has 0 bridgehead atoms. The zero-order valence-electron chi connectivity index (χ0n) is 30.3. The van der Waals surface area contributed by atoms with Crippen LogP contribution < -0.4 is 15.4 Å². The summed E-state index contributed by atoms with van der Waals surface area (Å²) in [5.41, 5.74) is -2.26. The number of hydrogen-bond acceptors (Lipinski definition) is 12. The van der Waals surface area contributed by atoms with Crippen molar-refractivity contribution >= 4 is 45.9 Å². The molecule has 5 aliphatic rings. The molecule has 5 rings (SSSR count). The molecule has 3 fully saturated rings. The number of carbonyl (C=O) groups excluding carboxylic acids is 6. The second kappa shape index (κ2) is 16.2. The van der Waals surface area contributed by atoms with Gasteiger partial charge < -0.3 is 29.7 Å². The van der Waals surface area contributed by atoms with Crippen LogP contribution in [-0.2, 0) is 48.2 Å². The van der Waals surface area contributed by atoms with Crippen molar-refractivity contribution in [3.05, 3.63) is 41.7 Å². The highest BCUT2D eigenvalue weighted by Gasteiger charge is 2.62. The summed E-state index contributed by atoms with van der Waals surface area (Å²) in [5.74, 6) is -1.17. The predicted molar refractivity (Wildman–Crippen MR) is 186 cm³/mol. The number of rotatable bonds is 8. The van der Waals surface area contributed by atoms with E-state index in [2.05, 4.69) is 15.4 Å². The highest BCUT2D eigenvalue weighted by Crippen LogP contribution is 2.46. The van der Waals surface area contributed by atoms with Crippen molar-refractivity contribution < 1.29 is 56.2 Å². The van der Waals surface area contributed by atoms with E-state index in [1.165, 1.54) is 6.08 Å². The number of nitrogens with zero attached hydrogens (tertiary/aromatic N) is 2. The summed E-state index contributed by atoms with van der Waals surface area (Å²) in [5, 5.41) is 5.39. The first-order chi connectivity index (χ1) is 25.1. The van der Waals surface area contributed by atoms with Crippen molar-refractivity contribution in [2.24, 2.45) is 5.92 Å². The third-order valence-corrected chi connectivity index (χ3v) is 11.0. The average molecular weight is 762 g/mol. The molecule has 5 unspecified atom stereocenters. The minimum Gasteiger partial charge on any atom is -0.444 e. The van der Waals surface area contributed by atoms with Crippen molar-refractivity contribution in [1.82, 2.24) is 25.3 Å². The van der Waals surface area contributed by atoms with E-state index in [0.29, 0.717) is 25.7 Å². The third-order valence-electron chi connectivity index (χ3n) is 9.17. The lowest BCUT2D eigenvalue weighted by atomic mass is 10.1. The number of nitrogens with one attached hydrogen (secondary N) is 3. The zero-order chi connectivity index (χ0) is 38.6. The molecule has 0 radical (unpaired) electrons. The molecule has 5 amide bonds. The van der Waals surface area contributed by atoms with Crippen LogP contribution in [0.15, 0.2) is 41.7 Å². The number of alkyl carbamates (subject to hydrolysis) is 1. The number of amides is 5. The Kier molecular flexibility index (Phi) is 12.2. The molecule has 53 heavy (non-hydrogen) atoms. The van der Waals surface area contributed by atoms with Gasteiger partial charge in [0.2, 0.25) is 21.8 Å². The monoisotopic (exact) mass is 761 g/mol. The van der Waals surface area contributed by atoms with Gasteiger partial charge in [-0.05, 0) is 65.9 Å². The lowest BCUT2D eigenvalue weighted by Gasteiger charge is -2.30. The van der Waals surface area contributed by atoms with Gasteiger partial charge in [0.15, 0.2) is 0 Å². The van der Waals surface area contributed by atoms with Gasteiger partial charge in [0, 0.05) is 25.4 Å². The van der Waals surface area contributed by atoms with Gasteiger partial charge in [-0.1, -0.05) is 24.3 Å². The Morgan fingerprint density at radius 1 is 1.19 bits per heavy atom. The van der Waals surface area contributed by atoms with Crippen molar-refractivity contribution in [2.45, 2.75) is 107 Å². The third kappa shape index (κ3) is 9.73. The zero-order valence-corrected chi connectivity index (χ0v) is 31.1. The molecule has 17 nitrogen and oxygen atoms in total. The summed E-state index contributed by atoms with van der Waals surface area (Å²) in [4.78, 5) is 86.8. The normalized spacial score (nSPS) is 27.8. The molecule has 0 aromatic carbocycles. The van der Waals surface area contributed by atoms with Crippen LogP contribution in [0.5, 0.6) is 0 Å². The molecule has 0 spiro atoms. The van der Waals surface area contributed by atoms with Gasteiger partial charge >= 0.3 is 12.2 Å². The van der Waals surface area contributed by atoms with Gasteiger partial charge in [0.25, 0.3) is 5.91 Å². The fraction of sp³-hybridized carbons (Fsp3) is 0.629. The van der Waals surface area contributed by atoms with Crippen LogP contribution in [0.2, 0.25) is 0 Å². The Bertz CT molecular complexity index is 1730. The first-order valence-electron chi connectivity index (χ1n) is 17.8. The van der Waals surface area contributed by atoms with Gasteiger partial charge in [-0.2, -0.15) is 5.06 Å². The molecule has 18 heteroatoms. The van der Waals surface area contributed by atoms with E-state index in [4.69, 9.17) is 19.0 Å². The van der Waals surface area contributed by atoms with E-state index < -0.39 is 80.4 Å². The van der Waals surface area contributed by atoms with Gasteiger partial charge in [-0.25, -0.2) is 22.8 Å². The van der Waals surface area contributed by atoms with E-state index in [1.54, 1.807) is 51.9 Å². The molecule has 3 aliphatic carbocycles. The Morgan fingerprint density at radius 2 is 1.94 bits per heavy atom. The number of hydroxylamine groups is 2. The van der Waals surface area contributed by atoms with Crippen molar-refractivity contribution in [3.63, 3.8) is 0 Å². The van der Waals surface area contributed by atoms with Crippen LogP contribution in [0.25, 0.3) is 0 Å². The number of allylic oxidation sites excluding steroid dienone is 5. The molecule has 2 aliphatic heterocycles. The summed E-state index contributed by atoms with van der Waals surface area (Å²) < 4.78 is 44.6. The number of sulfonamides is 1. The van der Waals surface area contributed by atoms with Crippen LogP contribution >= 0.6 is 0 Å². The lowest BCUT2D eigenvalue weighted by molar-refractivity contribution is -0.142. The topological polar surface area (TPSA) is 216 Å². The Labute approximate surface area is 308 Å². The second-order valence-corrected chi connectivity index (χ2v) is 16.5. The van der Waals surface area contributed by atoms with Gasteiger partial charge in [-0.3, -0.25) is 23.9 Å². The molecule has 3 N–H and O–H groups in total. The first kappa shape index (κ1) is 39.7. The molecular formula is C35H47N5O12S. The maximum Gasteiger partial charge on any atom is 0.439 e. The number of ether oxygens (including phenoxy) is 3. The molecule has 0 aromatic heterocycles. The number of carbonyl (C=O) groups is 5. The molecule has 5 atom stereocenters. The highest BCUT2D eigenvalue weighted by molar-refractivity contribution is 7.91. The molecule has 2 saturated carbocycles. The molecular weight excluding hydrogens is 714 g/mol. The van der Waals surface area contributed by atoms with Gasteiger partial charge in [0.05, 0.1) is 36.3 Å². The maximum absolute atomic E-state index is 14.3. The fourth-order valence-electron chi connectivity index (χ4n) is 6.31. The van der Waals surface area contributed by atoms with Crippen LogP contribution in [0.3, 0.4) is 0 Å². The smallest absolute Gasteiger partial charge is 0.439 e. The number of fused-ring (bicyclic) bond motifs is 2. The summed E-state index contributed by atoms with van der Waals surface area (Å²) in [6, 6.07) is -2.67. The summed E-state index contributed by atoms with van der Waals surface area (Å²) in [6.45, 7) is 6.23. The van der Waals surface area contributed by atoms with E-state index >= 15 is 0 Å². The van der Waals surface area contributed by atoms with E-state index in [1.807, 2.05) is 6.08 Å².